The molecule has 1 unspecified atom stereocenters. The maximum Gasteiger partial charge on any atom is 0.246 e. The summed E-state index contributed by atoms with van der Waals surface area (Å²) >= 11 is 4.25. The Kier molecular flexibility index (Phi) is 18.3. The van der Waals surface area contributed by atoms with E-state index in [1.807, 2.05) is 19.1 Å². The van der Waals surface area contributed by atoms with Crippen molar-refractivity contribution in [3.8, 4) is 0 Å². The minimum Gasteiger partial charge on any atom is -0.347 e. The fourth-order valence-electron chi connectivity index (χ4n) is 3.00. The number of carbonyl (C=O) groups is 5. The van der Waals surface area contributed by atoms with Crippen molar-refractivity contribution < 1.29 is 24.0 Å². The largest absolute Gasteiger partial charge is 0.347 e. The summed E-state index contributed by atoms with van der Waals surface area (Å²) in [6, 6.07) is 4.75. The molecule has 206 valence electrons. The molecule has 10 heteroatoms. The quantitative estimate of drug-likeness (QED) is 0.126. The molecule has 1 atom stereocenters. The van der Waals surface area contributed by atoms with Gasteiger partial charge < -0.3 is 20.9 Å². The molecule has 0 bridgehead atoms. The molecule has 0 aliphatic carbocycles. The van der Waals surface area contributed by atoms with E-state index in [-0.39, 0.29) is 30.7 Å². The molecule has 0 aromatic heterocycles. The SMILES string of the molecule is CCC.Cc1cc(NC(=O)C(C)NC(=O)CNC(=O)CCCCCN(C)C(=O)/C=C\C=O)ccc1CS. The Morgan fingerprint density at radius 1 is 1.08 bits per heavy atom. The average Bonchev–Trinajstić information content (AvgIpc) is 2.86. The van der Waals surface area contributed by atoms with Gasteiger partial charge >= 0.3 is 0 Å². The Hall–Kier alpha value is -3.14. The van der Waals surface area contributed by atoms with Gasteiger partial charge in [0.2, 0.25) is 23.6 Å². The number of thiol groups is 1. The van der Waals surface area contributed by atoms with Crippen LogP contribution in [0.2, 0.25) is 0 Å². The van der Waals surface area contributed by atoms with Gasteiger partial charge in [-0.1, -0.05) is 32.8 Å². The van der Waals surface area contributed by atoms with Gasteiger partial charge in [-0.2, -0.15) is 12.6 Å². The fourth-order valence-corrected chi connectivity index (χ4v) is 3.35. The van der Waals surface area contributed by atoms with Crippen LogP contribution in [0.15, 0.2) is 30.4 Å². The van der Waals surface area contributed by atoms with Crippen molar-refractivity contribution in [3.63, 3.8) is 0 Å². The minimum absolute atomic E-state index is 0.216. The first-order chi connectivity index (χ1) is 17.6. The van der Waals surface area contributed by atoms with Gasteiger partial charge in [0.25, 0.3) is 0 Å². The number of hydrogen-bond acceptors (Lipinski definition) is 6. The normalized spacial score (nSPS) is 11.1. The standard InChI is InChI=1S/C24H34N4O5S.C3H8/c1-17-14-20(11-10-19(17)16-34)27-24(33)18(2)26-22(31)15-25-21(30)8-5-4-6-12-28(3)23(32)9-7-13-29;1-3-2/h7,9-11,13-14,18,34H,4-6,8,12,15-16H2,1-3H3,(H,25,30)(H,26,31)(H,27,33);3H2,1-2H3/b9-7-;. The van der Waals surface area contributed by atoms with E-state index >= 15 is 0 Å². The molecule has 0 fully saturated rings. The van der Waals surface area contributed by atoms with Gasteiger partial charge in [0.05, 0.1) is 6.54 Å². The highest BCUT2D eigenvalue weighted by atomic mass is 32.1. The Morgan fingerprint density at radius 2 is 1.76 bits per heavy atom. The van der Waals surface area contributed by atoms with E-state index < -0.39 is 11.9 Å². The summed E-state index contributed by atoms with van der Waals surface area (Å²) in [5, 5.41) is 7.86. The molecule has 0 spiro atoms. The Balaban J connectivity index is 0.00000410. The topological polar surface area (TPSA) is 125 Å². The Morgan fingerprint density at radius 3 is 2.35 bits per heavy atom. The van der Waals surface area contributed by atoms with E-state index in [9.17, 15) is 24.0 Å². The van der Waals surface area contributed by atoms with Crippen molar-refractivity contribution in [1.82, 2.24) is 15.5 Å². The van der Waals surface area contributed by atoms with Crippen LogP contribution in [0.3, 0.4) is 0 Å². The highest BCUT2D eigenvalue weighted by Crippen LogP contribution is 2.16. The third-order valence-corrected chi connectivity index (χ3v) is 5.43. The van der Waals surface area contributed by atoms with Crippen LogP contribution in [0.1, 0.15) is 64.0 Å². The van der Waals surface area contributed by atoms with Gasteiger partial charge in [-0.05, 0) is 56.0 Å². The summed E-state index contributed by atoms with van der Waals surface area (Å²) in [4.78, 5) is 59.7. The van der Waals surface area contributed by atoms with Gasteiger partial charge in [0, 0.05) is 37.5 Å². The van der Waals surface area contributed by atoms with Gasteiger partial charge in [-0.25, -0.2) is 0 Å². The van der Waals surface area contributed by atoms with Crippen LogP contribution in [0.4, 0.5) is 5.69 Å². The number of nitrogens with zero attached hydrogens (tertiary/aromatic N) is 1. The van der Waals surface area contributed by atoms with Crippen LogP contribution in [0.25, 0.3) is 0 Å². The summed E-state index contributed by atoms with van der Waals surface area (Å²) in [6.07, 6.45) is 6.48. The van der Waals surface area contributed by atoms with E-state index in [2.05, 4.69) is 42.4 Å². The summed E-state index contributed by atoms with van der Waals surface area (Å²) < 4.78 is 0. The number of allylic oxidation sites excluding steroid dienone is 1. The van der Waals surface area contributed by atoms with Crippen molar-refractivity contribution in [2.45, 2.75) is 71.6 Å². The van der Waals surface area contributed by atoms with Crippen LogP contribution >= 0.6 is 12.6 Å². The molecule has 0 aliphatic rings. The predicted molar refractivity (Wildman–Crippen MR) is 150 cm³/mol. The minimum atomic E-state index is -0.768. The van der Waals surface area contributed by atoms with E-state index in [4.69, 9.17) is 0 Å². The van der Waals surface area contributed by atoms with E-state index in [0.29, 0.717) is 37.1 Å². The van der Waals surface area contributed by atoms with Gasteiger partial charge in [-0.3, -0.25) is 24.0 Å². The van der Waals surface area contributed by atoms with Crippen LogP contribution in [0.5, 0.6) is 0 Å². The summed E-state index contributed by atoms with van der Waals surface area (Å²) in [7, 11) is 1.64. The lowest BCUT2D eigenvalue weighted by atomic mass is 10.1. The zero-order valence-corrected chi connectivity index (χ0v) is 23.5. The number of benzene rings is 1. The van der Waals surface area contributed by atoms with Crippen molar-refractivity contribution in [1.29, 1.82) is 0 Å². The van der Waals surface area contributed by atoms with Gasteiger partial charge in [0.15, 0.2) is 0 Å². The Bertz CT molecular complexity index is 920. The number of aryl methyl sites for hydroxylation is 1. The van der Waals surface area contributed by atoms with E-state index in [1.165, 1.54) is 17.4 Å². The van der Waals surface area contributed by atoms with Crippen LogP contribution in [-0.2, 0) is 29.7 Å². The third-order valence-electron chi connectivity index (χ3n) is 5.09. The molecule has 0 saturated heterocycles. The zero-order chi connectivity index (χ0) is 28.2. The first-order valence-corrected chi connectivity index (χ1v) is 13.2. The van der Waals surface area contributed by atoms with Crippen molar-refractivity contribution in [2.75, 3.05) is 25.5 Å². The maximum atomic E-state index is 12.3. The molecule has 0 heterocycles. The predicted octanol–water partition coefficient (Wildman–Crippen LogP) is 3.17. The Labute approximate surface area is 226 Å². The summed E-state index contributed by atoms with van der Waals surface area (Å²) in [5.74, 6) is -0.716. The highest BCUT2D eigenvalue weighted by molar-refractivity contribution is 7.79. The second kappa shape index (κ2) is 20.0. The second-order valence-electron chi connectivity index (χ2n) is 8.63. The lowest BCUT2D eigenvalue weighted by molar-refractivity contribution is -0.128. The van der Waals surface area contributed by atoms with Gasteiger partial charge in [-0.15, -0.1) is 0 Å². The molecular weight excluding hydrogens is 492 g/mol. The van der Waals surface area contributed by atoms with Gasteiger partial charge in [0.1, 0.15) is 12.3 Å². The van der Waals surface area contributed by atoms with Crippen LogP contribution < -0.4 is 16.0 Å². The number of hydrogen-bond donors (Lipinski definition) is 4. The van der Waals surface area contributed by atoms with Crippen LogP contribution in [-0.4, -0.2) is 61.0 Å². The molecule has 0 radical (unpaired) electrons. The van der Waals surface area contributed by atoms with Crippen molar-refractivity contribution in [2.24, 2.45) is 0 Å². The molecule has 37 heavy (non-hydrogen) atoms. The summed E-state index contributed by atoms with van der Waals surface area (Å²) in [5.41, 5.74) is 2.72. The average molecular weight is 535 g/mol. The maximum absolute atomic E-state index is 12.3. The number of likely N-dealkylation sites (N-methyl/N-ethyl adjacent to an activating group) is 1. The lowest BCUT2D eigenvalue weighted by Crippen LogP contribution is -2.45. The zero-order valence-electron chi connectivity index (χ0n) is 22.6. The van der Waals surface area contributed by atoms with Crippen molar-refractivity contribution in [3.05, 3.63) is 41.5 Å². The van der Waals surface area contributed by atoms with Crippen molar-refractivity contribution >= 4 is 48.2 Å². The molecular formula is C27H42N4O5S. The smallest absolute Gasteiger partial charge is 0.246 e. The fraction of sp³-hybridized carbons (Fsp3) is 0.519. The molecule has 0 saturated carbocycles. The number of aldehydes is 1. The first kappa shape index (κ1) is 33.9. The molecule has 3 N–H and O–H groups in total. The number of amides is 4. The number of rotatable bonds is 14. The highest BCUT2D eigenvalue weighted by Gasteiger charge is 2.16. The number of carbonyl (C=O) groups excluding carboxylic acids is 5. The number of unbranched alkanes of at least 4 members (excludes halogenated alkanes) is 2. The third kappa shape index (κ3) is 15.6. The molecule has 1 aromatic rings. The molecule has 9 nitrogen and oxygen atoms in total. The molecule has 4 amide bonds. The first-order valence-electron chi connectivity index (χ1n) is 12.5. The van der Waals surface area contributed by atoms with E-state index in [0.717, 1.165) is 23.6 Å². The number of nitrogens with one attached hydrogen (secondary N) is 3. The summed E-state index contributed by atoms with van der Waals surface area (Å²) in [6.45, 7) is 8.06. The number of anilines is 1. The van der Waals surface area contributed by atoms with Crippen LogP contribution in [0, 0.1) is 6.92 Å². The molecule has 0 aliphatic heterocycles. The monoisotopic (exact) mass is 534 g/mol. The second-order valence-corrected chi connectivity index (χ2v) is 8.94. The van der Waals surface area contributed by atoms with E-state index in [1.54, 1.807) is 20.0 Å². The molecule has 1 rings (SSSR count). The molecule has 1 aromatic carbocycles. The lowest BCUT2D eigenvalue weighted by Gasteiger charge is -2.15.